The zero-order valence-electron chi connectivity index (χ0n) is 12.3. The number of aliphatic carboxylic acids is 1. The lowest BCUT2D eigenvalue weighted by atomic mass is 10.1. The first-order valence-electron chi connectivity index (χ1n) is 6.64. The second-order valence-electron chi connectivity index (χ2n) is 4.23. The number of hydrogen-bond donors (Lipinski definition) is 1. The van der Waals surface area contributed by atoms with Gasteiger partial charge in [-0.15, -0.1) is 0 Å². The number of carboxylic acid groups (broad SMARTS) is 1. The molecular weight excluding hydrogens is 283 g/mol. The Morgan fingerprint density at radius 2 is 1.75 bits per heavy atom. The third-order valence-corrected chi connectivity index (χ3v) is 4.51. The van der Waals surface area contributed by atoms with E-state index in [1.165, 1.54) is 6.92 Å². The number of unbranched alkanes of at least 4 members (excludes halogenated alkanes) is 1. The van der Waals surface area contributed by atoms with Crippen LogP contribution in [-0.4, -0.2) is 36.2 Å². The lowest BCUT2D eigenvalue weighted by Crippen LogP contribution is -2.09. The van der Waals surface area contributed by atoms with Crippen molar-refractivity contribution >= 4 is 19.3 Å². The number of Topliss-reactive ketones (excluding diaryl/α,β-unsaturated/α-hetero) is 1. The van der Waals surface area contributed by atoms with Crippen LogP contribution in [0.2, 0.25) is 0 Å². The van der Waals surface area contributed by atoms with Crippen LogP contribution in [0.5, 0.6) is 0 Å². The van der Waals surface area contributed by atoms with Gasteiger partial charge < -0.3 is 14.2 Å². The van der Waals surface area contributed by atoms with E-state index in [0.717, 1.165) is 0 Å². The molecule has 0 unspecified atom stereocenters. The molecule has 0 rings (SSSR count). The van der Waals surface area contributed by atoms with Crippen LogP contribution in [0, 0.1) is 0 Å². The van der Waals surface area contributed by atoms with Crippen molar-refractivity contribution < 1.29 is 28.3 Å². The first kappa shape index (κ1) is 19.0. The lowest BCUT2D eigenvalue weighted by Gasteiger charge is -2.15. The fraction of sp³-hybridized carbons (Fsp3) is 0.692. The molecule has 0 saturated heterocycles. The van der Waals surface area contributed by atoms with Gasteiger partial charge in [-0.2, -0.15) is 0 Å². The van der Waals surface area contributed by atoms with Crippen LogP contribution in [0.1, 0.15) is 40.0 Å². The Kier molecular flexibility index (Phi) is 9.38. The van der Waals surface area contributed by atoms with Crippen LogP contribution in [0.3, 0.4) is 0 Å². The third kappa shape index (κ3) is 8.25. The summed E-state index contributed by atoms with van der Waals surface area (Å²) in [6.07, 6.45) is 2.59. The highest BCUT2D eigenvalue weighted by Crippen LogP contribution is 2.48. The molecule has 0 aromatic carbocycles. The van der Waals surface area contributed by atoms with Crippen molar-refractivity contribution in [2.75, 3.05) is 19.4 Å². The van der Waals surface area contributed by atoms with Crippen LogP contribution < -0.4 is 0 Å². The summed E-state index contributed by atoms with van der Waals surface area (Å²) >= 11 is 0. The highest BCUT2D eigenvalue weighted by Gasteiger charge is 2.26. The first-order chi connectivity index (χ1) is 9.34. The van der Waals surface area contributed by atoms with Gasteiger partial charge in [-0.05, 0) is 33.6 Å². The molecule has 0 heterocycles. The fourth-order valence-corrected chi connectivity index (χ4v) is 3.16. The van der Waals surface area contributed by atoms with Gasteiger partial charge in [0.15, 0.2) is 0 Å². The summed E-state index contributed by atoms with van der Waals surface area (Å²) in [7, 11) is -3.32. The molecule has 6 nitrogen and oxygen atoms in total. The Morgan fingerprint density at radius 1 is 1.20 bits per heavy atom. The molecule has 116 valence electrons. The zero-order valence-corrected chi connectivity index (χ0v) is 13.2. The maximum Gasteiger partial charge on any atom is 0.338 e. The SMILES string of the molecule is CCOP(=O)(CC(=O)CCC/C=C(\C)C(=O)O)OCC. The normalized spacial score (nSPS) is 12.4. The molecule has 0 atom stereocenters. The number of allylic oxidation sites excluding steroid dienone is 1. The zero-order chi connectivity index (χ0) is 15.6. The molecule has 0 bridgehead atoms. The molecule has 0 amide bonds. The van der Waals surface area contributed by atoms with Gasteiger partial charge >= 0.3 is 13.6 Å². The van der Waals surface area contributed by atoms with E-state index in [4.69, 9.17) is 14.2 Å². The van der Waals surface area contributed by atoms with Crippen molar-refractivity contribution in [2.24, 2.45) is 0 Å². The maximum atomic E-state index is 12.1. The van der Waals surface area contributed by atoms with Crippen molar-refractivity contribution in [2.45, 2.75) is 40.0 Å². The summed E-state index contributed by atoms with van der Waals surface area (Å²) in [5, 5.41) is 8.66. The highest BCUT2D eigenvalue weighted by atomic mass is 31.2. The topological polar surface area (TPSA) is 89.9 Å². The van der Waals surface area contributed by atoms with E-state index in [1.54, 1.807) is 19.9 Å². The minimum atomic E-state index is -3.32. The van der Waals surface area contributed by atoms with Crippen LogP contribution in [-0.2, 0) is 23.2 Å². The number of carboxylic acids is 1. The van der Waals surface area contributed by atoms with Crippen LogP contribution in [0.15, 0.2) is 11.6 Å². The smallest absolute Gasteiger partial charge is 0.338 e. The van der Waals surface area contributed by atoms with Gasteiger partial charge in [0, 0.05) is 12.0 Å². The van der Waals surface area contributed by atoms with Gasteiger partial charge in [-0.1, -0.05) is 6.08 Å². The Morgan fingerprint density at radius 3 is 2.20 bits per heavy atom. The Labute approximate surface area is 119 Å². The molecule has 0 aliphatic rings. The minimum Gasteiger partial charge on any atom is -0.478 e. The van der Waals surface area contributed by atoms with E-state index in [2.05, 4.69) is 0 Å². The molecule has 0 aromatic rings. The van der Waals surface area contributed by atoms with Crippen LogP contribution in [0.4, 0.5) is 0 Å². The standard InChI is InChI=1S/C13H23O6P/c1-4-18-20(17,19-5-2)10-12(14)9-7-6-8-11(3)13(15)16/h8H,4-7,9-10H2,1-3H3,(H,15,16)/b11-8+. The number of hydrogen-bond acceptors (Lipinski definition) is 5. The Bertz CT molecular complexity index is 392. The Balaban J connectivity index is 4.18. The number of carbonyl (C=O) groups is 2. The number of carbonyl (C=O) groups excluding carboxylic acids is 1. The summed E-state index contributed by atoms with van der Waals surface area (Å²) in [4.78, 5) is 22.3. The summed E-state index contributed by atoms with van der Waals surface area (Å²) in [5.74, 6) is -1.16. The van der Waals surface area contributed by atoms with Gasteiger partial charge in [-0.25, -0.2) is 4.79 Å². The van der Waals surface area contributed by atoms with E-state index in [9.17, 15) is 14.2 Å². The molecule has 0 radical (unpaired) electrons. The summed E-state index contributed by atoms with van der Waals surface area (Å²) in [5.41, 5.74) is 0.256. The molecular formula is C13H23O6P. The predicted molar refractivity (Wildman–Crippen MR) is 76.0 cm³/mol. The number of rotatable bonds is 11. The molecule has 0 aliphatic heterocycles. The molecule has 0 aliphatic carbocycles. The Hall–Kier alpha value is -0.970. The molecule has 0 saturated carbocycles. The molecule has 0 fully saturated rings. The summed E-state index contributed by atoms with van der Waals surface area (Å²) in [6.45, 7) is 5.34. The number of ketones is 1. The van der Waals surface area contributed by atoms with Crippen molar-refractivity contribution in [3.05, 3.63) is 11.6 Å². The van der Waals surface area contributed by atoms with Gasteiger partial charge in [0.1, 0.15) is 11.9 Å². The van der Waals surface area contributed by atoms with E-state index in [0.29, 0.717) is 12.8 Å². The van der Waals surface area contributed by atoms with Crippen LogP contribution >= 0.6 is 7.60 Å². The van der Waals surface area contributed by atoms with Crippen molar-refractivity contribution in [3.8, 4) is 0 Å². The van der Waals surface area contributed by atoms with Crippen molar-refractivity contribution in [1.82, 2.24) is 0 Å². The quantitative estimate of drug-likeness (QED) is 0.358. The molecule has 0 spiro atoms. The van der Waals surface area contributed by atoms with E-state index in [1.807, 2.05) is 0 Å². The van der Waals surface area contributed by atoms with Gasteiger partial charge in [-0.3, -0.25) is 9.36 Å². The second kappa shape index (κ2) is 9.86. The van der Waals surface area contributed by atoms with E-state index < -0.39 is 13.6 Å². The van der Waals surface area contributed by atoms with Crippen molar-refractivity contribution in [3.63, 3.8) is 0 Å². The monoisotopic (exact) mass is 306 g/mol. The minimum absolute atomic E-state index is 0.198. The first-order valence-corrected chi connectivity index (χ1v) is 8.37. The highest BCUT2D eigenvalue weighted by molar-refractivity contribution is 7.54. The third-order valence-electron chi connectivity index (χ3n) is 2.47. The van der Waals surface area contributed by atoms with Crippen LogP contribution in [0.25, 0.3) is 0 Å². The van der Waals surface area contributed by atoms with Gasteiger partial charge in [0.2, 0.25) is 0 Å². The molecule has 20 heavy (non-hydrogen) atoms. The molecule has 0 aromatic heterocycles. The fourth-order valence-electron chi connectivity index (χ4n) is 1.52. The maximum absolute atomic E-state index is 12.1. The van der Waals surface area contributed by atoms with E-state index >= 15 is 0 Å². The molecule has 1 N–H and O–H groups in total. The average Bonchev–Trinajstić information content (AvgIpc) is 2.34. The second-order valence-corrected chi connectivity index (χ2v) is 6.28. The van der Waals surface area contributed by atoms with E-state index in [-0.39, 0.29) is 37.2 Å². The largest absolute Gasteiger partial charge is 0.478 e. The predicted octanol–water partition coefficient (Wildman–Crippen LogP) is 3.02. The summed E-state index contributed by atoms with van der Waals surface area (Å²) < 4.78 is 22.2. The average molecular weight is 306 g/mol. The van der Waals surface area contributed by atoms with Crippen molar-refractivity contribution in [1.29, 1.82) is 0 Å². The van der Waals surface area contributed by atoms with Gasteiger partial charge in [0.05, 0.1) is 13.2 Å². The van der Waals surface area contributed by atoms with Gasteiger partial charge in [0.25, 0.3) is 0 Å². The summed E-state index contributed by atoms with van der Waals surface area (Å²) in [6, 6.07) is 0. The molecule has 7 heteroatoms. The lowest BCUT2D eigenvalue weighted by molar-refractivity contribution is -0.132.